The van der Waals surface area contributed by atoms with E-state index in [1.54, 1.807) is 67.6 Å². The van der Waals surface area contributed by atoms with Crippen molar-refractivity contribution < 1.29 is 18.0 Å². The molecule has 0 saturated heterocycles. The summed E-state index contributed by atoms with van der Waals surface area (Å²) in [5.41, 5.74) is 1.69. The van der Waals surface area contributed by atoms with Crippen molar-refractivity contribution in [2.75, 3.05) is 10.8 Å². The molecule has 0 spiro atoms. The molecule has 0 fully saturated rings. The maximum absolute atomic E-state index is 14.0. The standard InChI is InChI=1S/C29H33Cl2N3O4S/c1-5-27(29(36)32-20(2)3)33(18-24-25(30)12-9-13-26(24)31)28(35)19-34(22-10-7-6-8-11-22)39(37,38)23-16-14-21(4)15-17-23/h6-17,20,27H,5,18-19H2,1-4H3,(H,32,36)/t27-/m0/s1. The number of anilines is 1. The Balaban J connectivity index is 2.08. The van der Waals surface area contributed by atoms with Crippen LogP contribution in [0.1, 0.15) is 38.3 Å². The molecule has 0 aliphatic rings. The first kappa shape index (κ1) is 30.5. The van der Waals surface area contributed by atoms with Crippen LogP contribution in [0.3, 0.4) is 0 Å². The molecule has 3 aromatic rings. The molecule has 39 heavy (non-hydrogen) atoms. The van der Waals surface area contributed by atoms with E-state index < -0.39 is 28.5 Å². The molecular weight excluding hydrogens is 557 g/mol. The van der Waals surface area contributed by atoms with Crippen LogP contribution in [-0.2, 0) is 26.2 Å². The number of rotatable bonds is 11. The summed E-state index contributed by atoms with van der Waals surface area (Å²) in [6.07, 6.45) is 0.294. The fourth-order valence-corrected chi connectivity index (χ4v) is 6.05. The van der Waals surface area contributed by atoms with Crippen molar-refractivity contribution in [3.8, 4) is 0 Å². The van der Waals surface area contributed by atoms with E-state index in [2.05, 4.69) is 5.32 Å². The average Bonchev–Trinajstić information content (AvgIpc) is 2.89. The van der Waals surface area contributed by atoms with Crippen molar-refractivity contribution in [1.82, 2.24) is 10.2 Å². The lowest BCUT2D eigenvalue weighted by molar-refractivity contribution is -0.140. The molecule has 3 aromatic carbocycles. The van der Waals surface area contributed by atoms with E-state index >= 15 is 0 Å². The molecular formula is C29H33Cl2N3O4S. The summed E-state index contributed by atoms with van der Waals surface area (Å²) in [7, 11) is -4.13. The molecule has 0 aromatic heterocycles. The summed E-state index contributed by atoms with van der Waals surface area (Å²) in [6, 6.07) is 18.8. The number of carbonyl (C=O) groups excluding carboxylic acids is 2. The predicted octanol–water partition coefficient (Wildman–Crippen LogP) is 5.83. The van der Waals surface area contributed by atoms with Crippen molar-refractivity contribution in [3.05, 3.63) is 94.0 Å². The molecule has 0 unspecified atom stereocenters. The molecule has 1 atom stereocenters. The molecule has 0 saturated carbocycles. The Morgan fingerprint density at radius 3 is 2.03 bits per heavy atom. The number of sulfonamides is 1. The van der Waals surface area contributed by atoms with E-state index in [1.807, 2.05) is 20.8 Å². The number of carbonyl (C=O) groups is 2. The number of benzene rings is 3. The van der Waals surface area contributed by atoms with Crippen LogP contribution in [0.25, 0.3) is 0 Å². The van der Waals surface area contributed by atoms with E-state index in [-0.39, 0.29) is 23.4 Å². The quantitative estimate of drug-likeness (QED) is 0.305. The number of halogens is 2. The Morgan fingerprint density at radius 2 is 1.49 bits per heavy atom. The first-order valence-electron chi connectivity index (χ1n) is 12.6. The van der Waals surface area contributed by atoms with Gasteiger partial charge in [-0.3, -0.25) is 13.9 Å². The molecule has 0 aliphatic heterocycles. The SMILES string of the molecule is CC[C@@H](C(=O)NC(C)C)N(Cc1c(Cl)cccc1Cl)C(=O)CN(c1ccccc1)S(=O)(=O)c1ccc(C)cc1. The van der Waals surface area contributed by atoms with Crippen LogP contribution < -0.4 is 9.62 Å². The van der Waals surface area contributed by atoms with Gasteiger partial charge >= 0.3 is 0 Å². The Kier molecular flexibility index (Phi) is 10.4. The van der Waals surface area contributed by atoms with Gasteiger partial charge in [0.2, 0.25) is 11.8 Å². The van der Waals surface area contributed by atoms with Gasteiger partial charge in [0.15, 0.2) is 0 Å². The van der Waals surface area contributed by atoms with Gasteiger partial charge in [-0.25, -0.2) is 8.42 Å². The minimum atomic E-state index is -4.13. The van der Waals surface area contributed by atoms with Crippen molar-refractivity contribution in [3.63, 3.8) is 0 Å². The zero-order valence-corrected chi connectivity index (χ0v) is 24.7. The lowest BCUT2D eigenvalue weighted by Gasteiger charge is -2.34. The van der Waals surface area contributed by atoms with E-state index in [0.717, 1.165) is 9.87 Å². The highest BCUT2D eigenvalue weighted by atomic mass is 35.5. The minimum Gasteiger partial charge on any atom is -0.352 e. The van der Waals surface area contributed by atoms with Crippen LogP contribution in [0.5, 0.6) is 0 Å². The summed E-state index contributed by atoms with van der Waals surface area (Å²) in [5, 5.41) is 3.54. The lowest BCUT2D eigenvalue weighted by atomic mass is 10.1. The Bertz CT molecular complexity index is 1380. The Labute approximate surface area is 240 Å². The van der Waals surface area contributed by atoms with E-state index in [9.17, 15) is 18.0 Å². The summed E-state index contributed by atoms with van der Waals surface area (Å²) in [4.78, 5) is 28.6. The molecule has 0 heterocycles. The maximum atomic E-state index is 14.0. The summed E-state index contributed by atoms with van der Waals surface area (Å²) in [6.45, 7) is 6.69. The second-order valence-electron chi connectivity index (χ2n) is 9.47. The van der Waals surface area contributed by atoms with Crippen LogP contribution in [0, 0.1) is 6.92 Å². The highest BCUT2D eigenvalue weighted by Crippen LogP contribution is 2.28. The summed E-state index contributed by atoms with van der Waals surface area (Å²) in [5.74, 6) is -0.923. The molecule has 7 nitrogen and oxygen atoms in total. The summed E-state index contributed by atoms with van der Waals surface area (Å²) >= 11 is 12.9. The molecule has 0 aliphatic carbocycles. The van der Waals surface area contributed by atoms with Crippen molar-refractivity contribution in [2.24, 2.45) is 0 Å². The number of para-hydroxylation sites is 1. The Morgan fingerprint density at radius 1 is 0.897 bits per heavy atom. The van der Waals surface area contributed by atoms with Gasteiger partial charge in [0.25, 0.3) is 10.0 Å². The van der Waals surface area contributed by atoms with Crippen molar-refractivity contribution in [1.29, 1.82) is 0 Å². The number of hydrogen-bond acceptors (Lipinski definition) is 4. The monoisotopic (exact) mass is 589 g/mol. The molecule has 0 bridgehead atoms. The van der Waals surface area contributed by atoms with Gasteiger partial charge in [-0.2, -0.15) is 0 Å². The van der Waals surface area contributed by atoms with Crippen LogP contribution in [-0.4, -0.2) is 43.8 Å². The third-order valence-electron chi connectivity index (χ3n) is 6.14. The van der Waals surface area contributed by atoms with Gasteiger partial charge in [-0.15, -0.1) is 0 Å². The smallest absolute Gasteiger partial charge is 0.264 e. The maximum Gasteiger partial charge on any atom is 0.264 e. The summed E-state index contributed by atoms with van der Waals surface area (Å²) < 4.78 is 28.7. The number of hydrogen-bond donors (Lipinski definition) is 1. The third-order valence-corrected chi connectivity index (χ3v) is 8.64. The minimum absolute atomic E-state index is 0.0510. The van der Waals surface area contributed by atoms with Crippen LogP contribution >= 0.6 is 23.2 Å². The Hall–Kier alpha value is -3.07. The van der Waals surface area contributed by atoms with E-state index in [1.165, 1.54) is 17.0 Å². The number of nitrogens with one attached hydrogen (secondary N) is 1. The lowest BCUT2D eigenvalue weighted by Crippen LogP contribution is -2.53. The van der Waals surface area contributed by atoms with Gasteiger partial charge in [0.05, 0.1) is 10.6 Å². The first-order chi connectivity index (χ1) is 18.4. The highest BCUT2D eigenvalue weighted by Gasteiger charge is 2.34. The fraction of sp³-hybridized carbons (Fsp3) is 0.310. The first-order valence-corrected chi connectivity index (χ1v) is 14.8. The van der Waals surface area contributed by atoms with Gasteiger partial charge in [0, 0.05) is 28.2 Å². The zero-order chi connectivity index (χ0) is 28.7. The second-order valence-corrected chi connectivity index (χ2v) is 12.1. The van der Waals surface area contributed by atoms with Crippen molar-refractivity contribution >= 4 is 50.7 Å². The molecule has 2 amide bonds. The molecule has 208 valence electrons. The topological polar surface area (TPSA) is 86.8 Å². The molecule has 1 N–H and O–H groups in total. The number of aryl methyl sites for hydroxylation is 1. The van der Waals surface area contributed by atoms with Crippen molar-refractivity contribution in [2.45, 2.75) is 57.6 Å². The fourth-order valence-electron chi connectivity index (χ4n) is 4.11. The van der Waals surface area contributed by atoms with Crippen LogP contribution in [0.15, 0.2) is 77.7 Å². The average molecular weight is 591 g/mol. The number of nitrogens with zero attached hydrogens (tertiary/aromatic N) is 2. The van der Waals surface area contributed by atoms with Crippen LogP contribution in [0.4, 0.5) is 5.69 Å². The van der Waals surface area contributed by atoms with Gasteiger partial charge < -0.3 is 10.2 Å². The van der Waals surface area contributed by atoms with Crippen LogP contribution in [0.2, 0.25) is 10.0 Å². The van der Waals surface area contributed by atoms with Gasteiger partial charge in [0.1, 0.15) is 12.6 Å². The normalized spacial score (nSPS) is 12.2. The zero-order valence-electron chi connectivity index (χ0n) is 22.4. The number of amides is 2. The second kappa shape index (κ2) is 13.3. The van der Waals surface area contributed by atoms with E-state index in [4.69, 9.17) is 23.2 Å². The van der Waals surface area contributed by atoms with E-state index in [0.29, 0.717) is 27.7 Å². The molecule has 0 radical (unpaired) electrons. The predicted molar refractivity (Wildman–Crippen MR) is 157 cm³/mol. The van der Waals surface area contributed by atoms with Gasteiger partial charge in [-0.05, 0) is 63.6 Å². The molecule has 3 rings (SSSR count). The highest BCUT2D eigenvalue weighted by molar-refractivity contribution is 7.92. The molecule has 10 heteroatoms. The third kappa shape index (κ3) is 7.53. The largest absolute Gasteiger partial charge is 0.352 e. The van der Waals surface area contributed by atoms with Gasteiger partial charge in [-0.1, -0.05) is 72.1 Å².